The predicted molar refractivity (Wildman–Crippen MR) is 134 cm³/mol. The van der Waals surface area contributed by atoms with Crippen molar-refractivity contribution in [2.24, 2.45) is 17.6 Å². The number of methoxy groups -OCH3 is 1. The third-order valence-corrected chi connectivity index (χ3v) is 7.58. The summed E-state index contributed by atoms with van der Waals surface area (Å²) in [6, 6.07) is -0.567. The molecule has 0 aliphatic carbocycles. The van der Waals surface area contributed by atoms with E-state index in [2.05, 4.69) is 48.9 Å². The molecule has 4 N–H and O–H groups in total. The van der Waals surface area contributed by atoms with E-state index >= 15 is 0 Å². The minimum absolute atomic E-state index is 0.00760. The van der Waals surface area contributed by atoms with Crippen molar-refractivity contribution in [1.29, 1.82) is 0 Å². The molecule has 1 heterocycles. The smallest absolute Gasteiger partial charge is 0.328 e. The molecule has 1 aliphatic heterocycles. The van der Waals surface area contributed by atoms with Crippen LogP contribution in [0.25, 0.3) is 0 Å². The molecule has 1 amide bonds. The molecule has 0 bridgehead atoms. The Balaban J connectivity index is 2.92. The first-order valence-corrected chi connectivity index (χ1v) is 13.6. The highest BCUT2D eigenvalue weighted by molar-refractivity contribution is 7.98. The zero-order valence-corrected chi connectivity index (χ0v) is 21.6. The molecule has 0 radical (unpaired) electrons. The third kappa shape index (κ3) is 9.12. The lowest BCUT2D eigenvalue weighted by Crippen LogP contribution is -2.55. The van der Waals surface area contributed by atoms with Gasteiger partial charge in [0.15, 0.2) is 0 Å². The molecule has 1 saturated heterocycles. The van der Waals surface area contributed by atoms with Crippen LogP contribution >= 0.6 is 24.4 Å². The van der Waals surface area contributed by atoms with Gasteiger partial charge in [0.2, 0.25) is 5.91 Å². The Labute approximate surface area is 198 Å². The number of nitrogens with zero attached hydrogens (tertiary/aromatic N) is 1. The van der Waals surface area contributed by atoms with Gasteiger partial charge in [-0.1, -0.05) is 33.6 Å². The van der Waals surface area contributed by atoms with Gasteiger partial charge in [-0.05, 0) is 43.2 Å². The lowest BCUT2D eigenvalue weighted by Gasteiger charge is -2.34. The van der Waals surface area contributed by atoms with Gasteiger partial charge in [-0.2, -0.15) is 24.4 Å². The number of nitrogens with two attached hydrogens (primary N) is 1. The molecule has 6 atom stereocenters. The molecule has 1 fully saturated rings. The molecular formula is C22H44N4O3S2. The van der Waals surface area contributed by atoms with E-state index in [1.807, 2.05) is 6.26 Å². The maximum Gasteiger partial charge on any atom is 0.328 e. The van der Waals surface area contributed by atoms with Crippen molar-refractivity contribution in [3.63, 3.8) is 0 Å². The highest BCUT2D eigenvalue weighted by Gasteiger charge is 2.40. The Morgan fingerprint density at radius 3 is 2.61 bits per heavy atom. The summed E-state index contributed by atoms with van der Waals surface area (Å²) in [5, 5.41) is 6.61. The van der Waals surface area contributed by atoms with Crippen molar-refractivity contribution in [2.45, 2.75) is 70.6 Å². The summed E-state index contributed by atoms with van der Waals surface area (Å²) in [7, 11) is 1.37. The zero-order chi connectivity index (χ0) is 23.4. The number of hydrogen-bond donors (Lipinski definition) is 4. The molecule has 7 nitrogen and oxygen atoms in total. The van der Waals surface area contributed by atoms with Gasteiger partial charge in [0, 0.05) is 30.9 Å². The summed E-state index contributed by atoms with van der Waals surface area (Å²) in [5.74, 6) is 1.74. The molecule has 1 rings (SSSR count). The maximum atomic E-state index is 13.3. The second-order valence-corrected chi connectivity index (χ2v) is 9.96. The Bertz CT molecular complexity index is 541. The largest absolute Gasteiger partial charge is 0.467 e. The monoisotopic (exact) mass is 476 g/mol. The van der Waals surface area contributed by atoms with Gasteiger partial charge in [0.25, 0.3) is 0 Å². The van der Waals surface area contributed by atoms with Crippen LogP contribution in [-0.2, 0) is 14.3 Å². The number of thioether (sulfide) groups is 1. The van der Waals surface area contributed by atoms with Crippen molar-refractivity contribution in [3.8, 4) is 0 Å². The predicted octanol–water partition coefficient (Wildman–Crippen LogP) is 1.76. The molecule has 9 heteroatoms. The van der Waals surface area contributed by atoms with E-state index in [0.29, 0.717) is 24.6 Å². The number of thiol groups is 1. The van der Waals surface area contributed by atoms with Crippen LogP contribution in [0.5, 0.6) is 0 Å². The number of nitrogens with one attached hydrogen (secondary N) is 2. The van der Waals surface area contributed by atoms with Crippen LogP contribution in [0.2, 0.25) is 0 Å². The summed E-state index contributed by atoms with van der Waals surface area (Å²) in [6.45, 7) is 8.94. The second kappa shape index (κ2) is 15.4. The van der Waals surface area contributed by atoms with Crippen molar-refractivity contribution < 1.29 is 14.3 Å². The van der Waals surface area contributed by atoms with Gasteiger partial charge in [0.05, 0.1) is 13.2 Å². The molecule has 0 unspecified atom stereocenters. The summed E-state index contributed by atoms with van der Waals surface area (Å²) in [6.07, 6.45) is 5.54. The summed E-state index contributed by atoms with van der Waals surface area (Å²) >= 11 is 5.94. The fourth-order valence-corrected chi connectivity index (χ4v) is 4.77. The standard InChI is InChI=1S/C22H44N4O3S2/c1-6-15(3)19(24-12-17(23)14-30)13-26-10-8-16(7-2)20(26)21(27)25-18(9-11-31-5)22(28)29-4/h15-20,24,30H,6-14,23H2,1-5H3,(H,25,27)/t15-,16-,17+,18-,19+,20-/m0/s1. The normalized spacial score (nSPS) is 23.2. The van der Waals surface area contributed by atoms with Gasteiger partial charge < -0.3 is 21.1 Å². The molecule has 0 aromatic carbocycles. The van der Waals surface area contributed by atoms with E-state index in [0.717, 1.165) is 38.1 Å². The highest BCUT2D eigenvalue weighted by Crippen LogP contribution is 2.28. The molecule has 0 aromatic heterocycles. The molecule has 182 valence electrons. The van der Waals surface area contributed by atoms with E-state index in [9.17, 15) is 9.59 Å². The number of esters is 1. The van der Waals surface area contributed by atoms with E-state index in [1.165, 1.54) is 7.11 Å². The number of amides is 1. The molecule has 1 aliphatic rings. The summed E-state index contributed by atoms with van der Waals surface area (Å²) < 4.78 is 4.92. The second-order valence-electron chi connectivity index (χ2n) is 8.61. The molecule has 0 saturated carbocycles. The average Bonchev–Trinajstić information content (AvgIpc) is 3.20. The Kier molecular flexibility index (Phi) is 14.2. The van der Waals surface area contributed by atoms with Gasteiger partial charge in [-0.25, -0.2) is 4.79 Å². The third-order valence-electron chi connectivity index (χ3n) is 6.47. The van der Waals surface area contributed by atoms with Crippen LogP contribution in [0, 0.1) is 11.8 Å². The van der Waals surface area contributed by atoms with Crippen LogP contribution in [0.3, 0.4) is 0 Å². The maximum absolute atomic E-state index is 13.3. The van der Waals surface area contributed by atoms with E-state index in [1.54, 1.807) is 11.8 Å². The lowest BCUT2D eigenvalue weighted by molar-refractivity contribution is -0.145. The van der Waals surface area contributed by atoms with Gasteiger partial charge in [-0.15, -0.1) is 0 Å². The van der Waals surface area contributed by atoms with Crippen molar-refractivity contribution in [3.05, 3.63) is 0 Å². The van der Waals surface area contributed by atoms with Gasteiger partial charge >= 0.3 is 5.97 Å². The first-order chi connectivity index (χ1) is 14.8. The van der Waals surface area contributed by atoms with Crippen LogP contribution in [0.15, 0.2) is 0 Å². The number of ether oxygens (including phenoxy) is 1. The minimum Gasteiger partial charge on any atom is -0.467 e. The van der Waals surface area contributed by atoms with Crippen LogP contribution in [-0.4, -0.2) is 85.4 Å². The number of likely N-dealkylation sites (tertiary alicyclic amines) is 1. The SMILES string of the molecule is CC[C@H]1CCN(C[C@@H](NC[C@@H](N)CS)[C@@H](C)CC)[C@@H]1C(=O)N[C@@H](CCSC)C(=O)OC. The minimum atomic E-state index is -0.596. The Morgan fingerprint density at radius 2 is 2.06 bits per heavy atom. The Morgan fingerprint density at radius 1 is 1.35 bits per heavy atom. The molecule has 0 aromatic rings. The number of carbonyl (C=O) groups is 2. The first-order valence-electron chi connectivity index (χ1n) is 11.5. The molecular weight excluding hydrogens is 432 g/mol. The van der Waals surface area contributed by atoms with E-state index < -0.39 is 6.04 Å². The Hall–Kier alpha value is -0.480. The van der Waals surface area contributed by atoms with Gasteiger partial charge in [-0.3, -0.25) is 9.69 Å². The molecule has 0 spiro atoms. The zero-order valence-electron chi connectivity index (χ0n) is 19.9. The van der Waals surface area contributed by atoms with E-state index in [4.69, 9.17) is 10.5 Å². The highest BCUT2D eigenvalue weighted by atomic mass is 32.2. The van der Waals surface area contributed by atoms with Crippen LogP contribution < -0.4 is 16.4 Å². The molecule has 31 heavy (non-hydrogen) atoms. The fraction of sp³-hybridized carbons (Fsp3) is 0.909. The summed E-state index contributed by atoms with van der Waals surface area (Å²) in [4.78, 5) is 27.8. The van der Waals surface area contributed by atoms with Gasteiger partial charge in [0.1, 0.15) is 6.04 Å². The average molecular weight is 477 g/mol. The van der Waals surface area contributed by atoms with E-state index in [-0.39, 0.29) is 35.9 Å². The number of hydrogen-bond acceptors (Lipinski definition) is 8. The first kappa shape index (κ1) is 28.6. The number of rotatable bonds is 15. The van der Waals surface area contributed by atoms with Crippen LogP contribution in [0.4, 0.5) is 0 Å². The van der Waals surface area contributed by atoms with Crippen molar-refractivity contribution >= 4 is 36.3 Å². The van der Waals surface area contributed by atoms with Crippen molar-refractivity contribution in [2.75, 3.05) is 44.5 Å². The fourth-order valence-electron chi connectivity index (χ4n) is 4.17. The van der Waals surface area contributed by atoms with Crippen LogP contribution in [0.1, 0.15) is 46.5 Å². The lowest BCUT2D eigenvalue weighted by atomic mass is 9.95. The van der Waals surface area contributed by atoms with Crippen molar-refractivity contribution in [1.82, 2.24) is 15.5 Å². The quantitative estimate of drug-likeness (QED) is 0.211. The number of carbonyl (C=O) groups excluding carboxylic acids is 2. The topological polar surface area (TPSA) is 96.7 Å². The summed E-state index contributed by atoms with van der Waals surface area (Å²) in [5.41, 5.74) is 6.06.